The third-order valence-electron chi connectivity index (χ3n) is 2.73. The number of carbonyl (C=O) groups excluding carboxylic acids is 1. The van der Waals surface area contributed by atoms with E-state index in [1.165, 1.54) is 24.8 Å². The highest BCUT2D eigenvalue weighted by Gasteiger charge is 1.95. The molecule has 0 bridgehead atoms. The van der Waals surface area contributed by atoms with Gasteiger partial charge in [-0.1, -0.05) is 49.6 Å². The van der Waals surface area contributed by atoms with E-state index in [9.17, 15) is 4.79 Å². The van der Waals surface area contributed by atoms with Crippen molar-refractivity contribution in [3.05, 3.63) is 35.9 Å². The predicted molar refractivity (Wildman–Crippen MR) is 67.0 cm³/mol. The highest BCUT2D eigenvalue weighted by molar-refractivity contribution is 5.73. The van der Waals surface area contributed by atoms with Gasteiger partial charge in [0, 0.05) is 6.42 Å². The van der Waals surface area contributed by atoms with E-state index in [1.807, 2.05) is 6.07 Å². The number of benzene rings is 1. The lowest BCUT2D eigenvalue weighted by Crippen LogP contribution is -2.09. The van der Waals surface area contributed by atoms with Crippen LogP contribution in [0.1, 0.15) is 44.1 Å². The number of carbonyl (C=O) groups is 1. The Labute approximate surface area is 97.9 Å². The van der Waals surface area contributed by atoms with Gasteiger partial charge in [-0.3, -0.25) is 4.79 Å². The van der Waals surface area contributed by atoms with Gasteiger partial charge in [0.25, 0.3) is 0 Å². The van der Waals surface area contributed by atoms with Crippen molar-refractivity contribution in [1.29, 1.82) is 0 Å². The Bertz CT molecular complexity index is 295. The molecule has 1 aromatic carbocycles. The smallest absolute Gasteiger partial charge is 0.217 e. The lowest BCUT2D eigenvalue weighted by Gasteiger charge is -2.01. The van der Waals surface area contributed by atoms with E-state index >= 15 is 0 Å². The van der Waals surface area contributed by atoms with Gasteiger partial charge in [-0.25, -0.2) is 0 Å². The Kier molecular flexibility index (Phi) is 6.31. The molecule has 0 aliphatic rings. The first-order valence-electron chi connectivity index (χ1n) is 6.11. The summed E-state index contributed by atoms with van der Waals surface area (Å²) < 4.78 is 0. The van der Waals surface area contributed by atoms with Crippen LogP contribution in [-0.4, -0.2) is 5.91 Å². The summed E-state index contributed by atoms with van der Waals surface area (Å²) in [6.45, 7) is 0. The zero-order chi connectivity index (χ0) is 11.6. The summed E-state index contributed by atoms with van der Waals surface area (Å²) in [5.41, 5.74) is 6.49. The summed E-state index contributed by atoms with van der Waals surface area (Å²) in [5, 5.41) is 0. The molecule has 2 N–H and O–H groups in total. The fourth-order valence-electron chi connectivity index (χ4n) is 1.80. The second kappa shape index (κ2) is 7.91. The minimum Gasteiger partial charge on any atom is -0.370 e. The third-order valence-corrected chi connectivity index (χ3v) is 2.73. The quantitative estimate of drug-likeness (QED) is 0.671. The fourth-order valence-corrected chi connectivity index (χ4v) is 1.80. The number of primary amides is 1. The van der Waals surface area contributed by atoms with Crippen molar-refractivity contribution in [2.75, 3.05) is 0 Å². The van der Waals surface area contributed by atoms with Crippen molar-refractivity contribution in [3.63, 3.8) is 0 Å². The molecule has 0 aliphatic carbocycles. The Morgan fingerprint density at radius 3 is 2.25 bits per heavy atom. The summed E-state index contributed by atoms with van der Waals surface area (Å²) in [4.78, 5) is 10.5. The zero-order valence-electron chi connectivity index (χ0n) is 9.82. The van der Waals surface area contributed by atoms with Crippen LogP contribution < -0.4 is 5.73 Å². The van der Waals surface area contributed by atoms with Gasteiger partial charge in [0.05, 0.1) is 0 Å². The van der Waals surface area contributed by atoms with Gasteiger partial charge in [-0.15, -0.1) is 0 Å². The van der Waals surface area contributed by atoms with Crippen LogP contribution in [0.25, 0.3) is 0 Å². The summed E-state index contributed by atoms with van der Waals surface area (Å²) in [6.07, 6.45) is 7.46. The minimum atomic E-state index is -0.177. The molecule has 0 unspecified atom stereocenters. The summed E-state index contributed by atoms with van der Waals surface area (Å²) in [5.74, 6) is -0.177. The molecular weight excluding hydrogens is 198 g/mol. The Morgan fingerprint density at radius 2 is 1.56 bits per heavy atom. The van der Waals surface area contributed by atoms with Crippen molar-refractivity contribution in [3.8, 4) is 0 Å². The number of hydrogen-bond donors (Lipinski definition) is 1. The SMILES string of the molecule is NC(=O)CCCCCCCc1ccccc1. The van der Waals surface area contributed by atoms with Crippen molar-refractivity contribution >= 4 is 5.91 Å². The van der Waals surface area contributed by atoms with Crippen LogP contribution in [0.3, 0.4) is 0 Å². The summed E-state index contributed by atoms with van der Waals surface area (Å²) in [7, 11) is 0. The second-order valence-electron chi connectivity index (χ2n) is 4.22. The van der Waals surface area contributed by atoms with Gasteiger partial charge < -0.3 is 5.73 Å². The van der Waals surface area contributed by atoms with Crippen LogP contribution in [-0.2, 0) is 11.2 Å². The topological polar surface area (TPSA) is 43.1 Å². The highest BCUT2D eigenvalue weighted by Crippen LogP contribution is 2.09. The second-order valence-corrected chi connectivity index (χ2v) is 4.22. The van der Waals surface area contributed by atoms with Gasteiger partial charge in [0.1, 0.15) is 0 Å². The molecule has 1 aromatic rings. The third kappa shape index (κ3) is 6.23. The standard InChI is InChI=1S/C14H21NO/c15-14(16)12-8-3-1-2-5-9-13-10-6-4-7-11-13/h4,6-7,10-11H,1-3,5,8-9,12H2,(H2,15,16). The molecule has 0 aliphatic heterocycles. The number of amides is 1. The van der Waals surface area contributed by atoms with Crippen LogP contribution in [0.2, 0.25) is 0 Å². The van der Waals surface area contributed by atoms with Crippen LogP contribution in [0.15, 0.2) is 30.3 Å². The predicted octanol–water partition coefficient (Wildman–Crippen LogP) is 3.06. The van der Waals surface area contributed by atoms with E-state index in [0.717, 1.165) is 19.3 Å². The molecule has 16 heavy (non-hydrogen) atoms. The number of nitrogens with two attached hydrogens (primary N) is 1. The fraction of sp³-hybridized carbons (Fsp3) is 0.500. The Balaban J connectivity index is 1.94. The average molecular weight is 219 g/mol. The molecule has 0 atom stereocenters. The van der Waals surface area contributed by atoms with E-state index in [-0.39, 0.29) is 5.91 Å². The number of rotatable bonds is 8. The molecule has 1 rings (SSSR count). The van der Waals surface area contributed by atoms with Crippen molar-refractivity contribution in [1.82, 2.24) is 0 Å². The maximum atomic E-state index is 10.5. The minimum absolute atomic E-state index is 0.177. The maximum Gasteiger partial charge on any atom is 0.217 e. The Morgan fingerprint density at radius 1 is 0.938 bits per heavy atom. The summed E-state index contributed by atoms with van der Waals surface area (Å²) in [6, 6.07) is 10.6. The van der Waals surface area contributed by atoms with Gasteiger partial charge >= 0.3 is 0 Å². The van der Waals surface area contributed by atoms with Gasteiger partial charge in [0.2, 0.25) is 5.91 Å². The van der Waals surface area contributed by atoms with Crippen molar-refractivity contribution in [2.24, 2.45) is 5.73 Å². The van der Waals surface area contributed by atoms with Gasteiger partial charge in [-0.05, 0) is 24.8 Å². The van der Waals surface area contributed by atoms with E-state index in [0.29, 0.717) is 6.42 Å². The first-order valence-corrected chi connectivity index (χ1v) is 6.11. The molecule has 0 fully saturated rings. The maximum absolute atomic E-state index is 10.5. The van der Waals surface area contributed by atoms with E-state index < -0.39 is 0 Å². The normalized spacial score (nSPS) is 10.2. The first-order chi connectivity index (χ1) is 7.79. The monoisotopic (exact) mass is 219 g/mol. The van der Waals surface area contributed by atoms with Crippen molar-refractivity contribution < 1.29 is 4.79 Å². The molecule has 88 valence electrons. The average Bonchev–Trinajstić information content (AvgIpc) is 2.29. The lowest BCUT2D eigenvalue weighted by atomic mass is 10.1. The number of aryl methyl sites for hydroxylation is 1. The first kappa shape index (κ1) is 12.8. The highest BCUT2D eigenvalue weighted by atomic mass is 16.1. The van der Waals surface area contributed by atoms with Gasteiger partial charge in [-0.2, -0.15) is 0 Å². The molecule has 0 saturated carbocycles. The molecule has 0 spiro atoms. The van der Waals surface area contributed by atoms with E-state index in [4.69, 9.17) is 5.73 Å². The van der Waals surface area contributed by atoms with Crippen LogP contribution in [0, 0.1) is 0 Å². The zero-order valence-corrected chi connectivity index (χ0v) is 9.82. The number of hydrogen-bond acceptors (Lipinski definition) is 1. The molecule has 2 nitrogen and oxygen atoms in total. The van der Waals surface area contributed by atoms with Crippen LogP contribution in [0.4, 0.5) is 0 Å². The molecule has 0 aromatic heterocycles. The summed E-state index contributed by atoms with van der Waals surface area (Å²) >= 11 is 0. The largest absolute Gasteiger partial charge is 0.370 e. The molecule has 1 amide bonds. The van der Waals surface area contributed by atoms with Crippen molar-refractivity contribution in [2.45, 2.75) is 44.9 Å². The molecule has 0 heterocycles. The Hall–Kier alpha value is -1.31. The molecule has 0 radical (unpaired) electrons. The van der Waals surface area contributed by atoms with E-state index in [2.05, 4.69) is 24.3 Å². The number of unbranched alkanes of at least 4 members (excludes halogenated alkanes) is 4. The van der Waals surface area contributed by atoms with Gasteiger partial charge in [0.15, 0.2) is 0 Å². The molecule has 0 saturated heterocycles. The van der Waals surface area contributed by atoms with Crippen LogP contribution >= 0.6 is 0 Å². The van der Waals surface area contributed by atoms with Crippen LogP contribution in [0.5, 0.6) is 0 Å². The van der Waals surface area contributed by atoms with E-state index in [1.54, 1.807) is 0 Å². The molecule has 2 heteroatoms. The lowest BCUT2D eigenvalue weighted by molar-refractivity contribution is -0.118. The molecular formula is C14H21NO.